The van der Waals surface area contributed by atoms with Gasteiger partial charge >= 0.3 is 5.97 Å². The van der Waals surface area contributed by atoms with E-state index in [1.54, 1.807) is 48.5 Å². The number of ether oxygens (including phenoxy) is 2. The molecule has 0 radical (unpaired) electrons. The van der Waals surface area contributed by atoms with E-state index < -0.39 is 18.1 Å². The van der Waals surface area contributed by atoms with Crippen LogP contribution in [0.2, 0.25) is 0 Å². The molecule has 0 spiro atoms. The lowest BCUT2D eigenvalue weighted by molar-refractivity contribution is -0.142. The third-order valence-corrected chi connectivity index (χ3v) is 3.90. The lowest BCUT2D eigenvalue weighted by Crippen LogP contribution is -2.46. The number of anilines is 1. The van der Waals surface area contributed by atoms with Gasteiger partial charge in [-0.15, -0.1) is 0 Å². The van der Waals surface area contributed by atoms with Crippen LogP contribution in [0.4, 0.5) is 5.69 Å². The first-order valence-corrected chi connectivity index (χ1v) is 8.12. The number of benzene rings is 2. The molecule has 0 fully saturated rings. The predicted octanol–water partition coefficient (Wildman–Crippen LogP) is 2.18. The standard InChI is InChI=1S/C18H20N2O5S/c1-24-12-9-7-11(8-10-12)16(21)15(17(22)23)20-18(26)19-13-5-3-4-6-14(13)25-2/h3-10,15-16,21H,1-2H3,(H,22,23)(H2,19,20,26). The van der Waals surface area contributed by atoms with Crippen molar-refractivity contribution < 1.29 is 24.5 Å². The molecule has 4 N–H and O–H groups in total. The van der Waals surface area contributed by atoms with Gasteiger partial charge in [0.05, 0.1) is 19.9 Å². The number of hydrogen-bond donors (Lipinski definition) is 4. The number of aliphatic hydroxyl groups excluding tert-OH is 1. The molecule has 2 aromatic carbocycles. The van der Waals surface area contributed by atoms with Crippen LogP contribution in [0.5, 0.6) is 11.5 Å². The van der Waals surface area contributed by atoms with Gasteiger partial charge in [0.2, 0.25) is 0 Å². The minimum atomic E-state index is -1.34. The molecule has 138 valence electrons. The van der Waals surface area contributed by atoms with Gasteiger partial charge in [0.1, 0.15) is 17.6 Å². The number of methoxy groups -OCH3 is 2. The highest BCUT2D eigenvalue weighted by Crippen LogP contribution is 2.24. The summed E-state index contributed by atoms with van der Waals surface area (Å²) in [5.41, 5.74) is 1.00. The molecular formula is C18H20N2O5S. The van der Waals surface area contributed by atoms with Gasteiger partial charge in [-0.3, -0.25) is 0 Å². The molecule has 2 atom stereocenters. The number of hydrogen-bond acceptors (Lipinski definition) is 5. The number of carbonyl (C=O) groups is 1. The maximum atomic E-state index is 11.6. The van der Waals surface area contributed by atoms with Crippen molar-refractivity contribution in [2.75, 3.05) is 19.5 Å². The molecule has 0 saturated heterocycles. The zero-order chi connectivity index (χ0) is 19.1. The number of rotatable bonds is 7. The second-order valence-electron chi connectivity index (χ2n) is 5.33. The van der Waals surface area contributed by atoms with E-state index in [-0.39, 0.29) is 5.11 Å². The molecule has 0 heterocycles. The number of carboxylic acids is 1. The minimum absolute atomic E-state index is 0.0504. The zero-order valence-corrected chi connectivity index (χ0v) is 15.1. The molecule has 2 rings (SSSR count). The second-order valence-corrected chi connectivity index (χ2v) is 5.74. The predicted molar refractivity (Wildman–Crippen MR) is 102 cm³/mol. The molecule has 8 heteroatoms. The van der Waals surface area contributed by atoms with Crippen LogP contribution in [-0.4, -0.2) is 41.6 Å². The third-order valence-electron chi connectivity index (χ3n) is 3.68. The Morgan fingerprint density at radius 3 is 2.31 bits per heavy atom. The lowest BCUT2D eigenvalue weighted by atomic mass is 10.0. The van der Waals surface area contributed by atoms with E-state index in [0.717, 1.165) is 0 Å². The summed E-state index contributed by atoms with van der Waals surface area (Å²) in [4.78, 5) is 11.6. The Kier molecular flexibility index (Phi) is 6.76. The Balaban J connectivity index is 2.11. The fourth-order valence-electron chi connectivity index (χ4n) is 2.32. The Morgan fingerprint density at radius 1 is 1.08 bits per heavy atom. The summed E-state index contributed by atoms with van der Waals surface area (Å²) in [6, 6.07) is 12.2. The van der Waals surface area contributed by atoms with Crippen LogP contribution in [0, 0.1) is 0 Å². The Hall–Kier alpha value is -2.84. The van der Waals surface area contributed by atoms with Crippen LogP contribution in [0.15, 0.2) is 48.5 Å². The summed E-state index contributed by atoms with van der Waals surface area (Å²) in [6.07, 6.45) is -1.31. The summed E-state index contributed by atoms with van der Waals surface area (Å²) in [7, 11) is 3.04. The summed E-state index contributed by atoms with van der Waals surface area (Å²) >= 11 is 5.18. The third kappa shape index (κ3) is 4.84. The van der Waals surface area contributed by atoms with Gasteiger partial charge in [0.25, 0.3) is 0 Å². The van der Waals surface area contributed by atoms with Crippen LogP contribution in [-0.2, 0) is 4.79 Å². The monoisotopic (exact) mass is 376 g/mol. The highest BCUT2D eigenvalue weighted by atomic mass is 32.1. The molecule has 0 aliphatic heterocycles. The number of nitrogens with one attached hydrogen (secondary N) is 2. The van der Waals surface area contributed by atoms with E-state index >= 15 is 0 Å². The minimum Gasteiger partial charge on any atom is -0.497 e. The van der Waals surface area contributed by atoms with Gasteiger partial charge in [-0.05, 0) is 42.0 Å². The zero-order valence-electron chi connectivity index (χ0n) is 14.3. The number of aliphatic hydroxyl groups is 1. The van der Waals surface area contributed by atoms with Crippen molar-refractivity contribution in [3.05, 3.63) is 54.1 Å². The average Bonchev–Trinajstić information content (AvgIpc) is 2.66. The molecule has 0 saturated carbocycles. The number of para-hydroxylation sites is 2. The van der Waals surface area contributed by atoms with E-state index in [4.69, 9.17) is 21.7 Å². The molecule has 7 nitrogen and oxygen atoms in total. The summed E-state index contributed by atoms with van der Waals surface area (Å²) in [6.45, 7) is 0. The molecule has 0 aromatic heterocycles. The maximum Gasteiger partial charge on any atom is 0.329 e. The summed E-state index contributed by atoms with van der Waals surface area (Å²) in [5.74, 6) is -0.0779. The molecule has 0 amide bonds. The van der Waals surface area contributed by atoms with Crippen molar-refractivity contribution >= 4 is 29.0 Å². The first kappa shape index (κ1) is 19.5. The van der Waals surface area contributed by atoms with Crippen LogP contribution >= 0.6 is 12.2 Å². The normalized spacial score (nSPS) is 12.6. The molecule has 2 unspecified atom stereocenters. The van der Waals surface area contributed by atoms with Crippen molar-refractivity contribution in [1.82, 2.24) is 5.32 Å². The SMILES string of the molecule is COc1ccc(C(O)C(NC(=S)Nc2ccccc2OC)C(=O)O)cc1. The van der Waals surface area contributed by atoms with Crippen molar-refractivity contribution in [2.45, 2.75) is 12.1 Å². The number of aliphatic carboxylic acids is 1. The van der Waals surface area contributed by atoms with E-state index in [0.29, 0.717) is 22.7 Å². The van der Waals surface area contributed by atoms with Gasteiger partial charge in [-0.2, -0.15) is 0 Å². The van der Waals surface area contributed by atoms with E-state index in [9.17, 15) is 15.0 Å². The quantitative estimate of drug-likeness (QED) is 0.546. The summed E-state index contributed by atoms with van der Waals surface area (Å²) in [5, 5.41) is 25.4. The van der Waals surface area contributed by atoms with E-state index in [2.05, 4.69) is 10.6 Å². The Bertz CT molecular complexity index is 766. The van der Waals surface area contributed by atoms with Crippen molar-refractivity contribution in [1.29, 1.82) is 0 Å². The first-order valence-electron chi connectivity index (χ1n) is 7.71. The lowest BCUT2D eigenvalue weighted by Gasteiger charge is -2.23. The molecule has 0 aliphatic rings. The van der Waals surface area contributed by atoms with Gasteiger partial charge in [-0.25, -0.2) is 4.79 Å². The molecule has 0 bridgehead atoms. The van der Waals surface area contributed by atoms with E-state index in [1.165, 1.54) is 14.2 Å². The summed E-state index contributed by atoms with van der Waals surface area (Å²) < 4.78 is 10.3. The number of carboxylic acid groups (broad SMARTS) is 1. The largest absolute Gasteiger partial charge is 0.497 e. The fourth-order valence-corrected chi connectivity index (χ4v) is 2.55. The van der Waals surface area contributed by atoms with Crippen LogP contribution in [0.3, 0.4) is 0 Å². The van der Waals surface area contributed by atoms with Crippen molar-refractivity contribution in [2.24, 2.45) is 0 Å². The fraction of sp³-hybridized carbons (Fsp3) is 0.222. The van der Waals surface area contributed by atoms with Crippen molar-refractivity contribution in [3.63, 3.8) is 0 Å². The Morgan fingerprint density at radius 2 is 1.73 bits per heavy atom. The highest BCUT2D eigenvalue weighted by Gasteiger charge is 2.28. The van der Waals surface area contributed by atoms with Crippen LogP contribution in [0.25, 0.3) is 0 Å². The molecule has 26 heavy (non-hydrogen) atoms. The topological polar surface area (TPSA) is 100 Å². The van der Waals surface area contributed by atoms with Gasteiger partial charge in [-0.1, -0.05) is 24.3 Å². The van der Waals surface area contributed by atoms with E-state index in [1.807, 2.05) is 0 Å². The average molecular weight is 376 g/mol. The first-order chi connectivity index (χ1) is 12.5. The number of thiocarbonyl (C=S) groups is 1. The van der Waals surface area contributed by atoms with Gasteiger partial charge in [0.15, 0.2) is 11.2 Å². The van der Waals surface area contributed by atoms with Crippen LogP contribution < -0.4 is 20.1 Å². The molecular weight excluding hydrogens is 356 g/mol. The van der Waals surface area contributed by atoms with Gasteiger partial charge < -0.3 is 30.3 Å². The second kappa shape index (κ2) is 9.02. The smallest absolute Gasteiger partial charge is 0.329 e. The maximum absolute atomic E-state index is 11.6. The molecule has 0 aliphatic carbocycles. The highest BCUT2D eigenvalue weighted by molar-refractivity contribution is 7.80. The molecule has 2 aromatic rings. The Labute approximate surface area is 156 Å². The van der Waals surface area contributed by atoms with Gasteiger partial charge in [0, 0.05) is 0 Å². The van der Waals surface area contributed by atoms with Crippen molar-refractivity contribution in [3.8, 4) is 11.5 Å². The van der Waals surface area contributed by atoms with Crippen LogP contribution in [0.1, 0.15) is 11.7 Å².